The Labute approximate surface area is 63.9 Å². The fraction of sp³-hybridized carbons (Fsp3) is 0.833. The van der Waals surface area contributed by atoms with E-state index in [1.165, 1.54) is 6.92 Å². The van der Waals surface area contributed by atoms with Crippen molar-refractivity contribution in [1.82, 2.24) is 0 Å². The first-order valence-corrected chi connectivity index (χ1v) is 3.27. The van der Waals surface area contributed by atoms with Gasteiger partial charge in [-0.15, -0.1) is 0 Å². The Bertz CT molecular complexity index is 146. The topological polar surface area (TPSA) is 65.0 Å². The molecule has 1 rings (SSSR count). The average Bonchev–Trinajstić information content (AvgIpc) is 2.34. The van der Waals surface area contributed by atoms with Crippen LogP contribution in [0.2, 0.25) is 0 Å². The van der Waals surface area contributed by atoms with Crippen molar-refractivity contribution >= 4 is 5.97 Å². The Kier molecular flexibility index (Phi) is 2.81. The van der Waals surface area contributed by atoms with Gasteiger partial charge in [0.2, 0.25) is 6.29 Å². The molecular formula is C6H10O5. The molecule has 5 nitrogen and oxygen atoms in total. The third-order valence-electron chi connectivity index (χ3n) is 1.17. The lowest BCUT2D eigenvalue weighted by molar-refractivity contribution is -0.177. The summed E-state index contributed by atoms with van der Waals surface area (Å²) in [6, 6.07) is 0. The first kappa shape index (κ1) is 8.45. The average molecular weight is 162 g/mol. The molecule has 64 valence electrons. The van der Waals surface area contributed by atoms with Gasteiger partial charge in [0.1, 0.15) is 6.61 Å². The summed E-state index contributed by atoms with van der Waals surface area (Å²) in [6.45, 7) is 1.25. The lowest BCUT2D eigenvalue weighted by Crippen LogP contribution is -2.20. The zero-order chi connectivity index (χ0) is 8.27. The Morgan fingerprint density at radius 1 is 1.82 bits per heavy atom. The lowest BCUT2D eigenvalue weighted by atomic mass is 10.7. The molecule has 2 atom stereocenters. The quantitative estimate of drug-likeness (QED) is 0.541. The van der Waals surface area contributed by atoms with E-state index in [2.05, 4.69) is 4.74 Å². The number of rotatable bonds is 2. The Morgan fingerprint density at radius 3 is 3.00 bits per heavy atom. The Hall–Kier alpha value is -0.650. The van der Waals surface area contributed by atoms with E-state index in [0.717, 1.165) is 0 Å². The molecule has 1 fully saturated rings. The third kappa shape index (κ3) is 2.45. The van der Waals surface area contributed by atoms with Gasteiger partial charge < -0.3 is 19.3 Å². The number of aliphatic hydroxyl groups is 1. The second-order valence-electron chi connectivity index (χ2n) is 2.12. The van der Waals surface area contributed by atoms with Crippen LogP contribution in [0.25, 0.3) is 0 Å². The maximum Gasteiger partial charge on any atom is 0.305 e. The Balaban J connectivity index is 2.24. The van der Waals surface area contributed by atoms with Crippen molar-refractivity contribution in [1.29, 1.82) is 0 Å². The molecule has 5 heteroatoms. The van der Waals surface area contributed by atoms with Crippen LogP contribution in [0.1, 0.15) is 6.92 Å². The smallest absolute Gasteiger partial charge is 0.305 e. The molecule has 0 saturated carbocycles. The SMILES string of the molecule is CC(=O)OC1CO[C@@H](CO)O1. The van der Waals surface area contributed by atoms with E-state index >= 15 is 0 Å². The van der Waals surface area contributed by atoms with E-state index in [9.17, 15) is 4.79 Å². The fourth-order valence-electron chi connectivity index (χ4n) is 0.776. The number of ether oxygens (including phenoxy) is 3. The first-order chi connectivity index (χ1) is 5.22. The number of aliphatic hydroxyl groups excluding tert-OH is 1. The van der Waals surface area contributed by atoms with Gasteiger partial charge in [0, 0.05) is 6.92 Å². The van der Waals surface area contributed by atoms with Crippen LogP contribution >= 0.6 is 0 Å². The van der Waals surface area contributed by atoms with Gasteiger partial charge in [-0.05, 0) is 0 Å². The largest absolute Gasteiger partial charge is 0.433 e. The van der Waals surface area contributed by atoms with Gasteiger partial charge in [-0.25, -0.2) is 0 Å². The molecule has 1 N–H and O–H groups in total. The fourth-order valence-corrected chi connectivity index (χ4v) is 0.776. The molecule has 0 aromatic carbocycles. The van der Waals surface area contributed by atoms with Crippen molar-refractivity contribution in [2.45, 2.75) is 19.5 Å². The highest BCUT2D eigenvalue weighted by Crippen LogP contribution is 2.11. The molecule has 11 heavy (non-hydrogen) atoms. The van der Waals surface area contributed by atoms with Crippen molar-refractivity contribution in [3.63, 3.8) is 0 Å². The molecule has 0 radical (unpaired) electrons. The van der Waals surface area contributed by atoms with Crippen LogP contribution in [0, 0.1) is 0 Å². The number of carbonyl (C=O) groups is 1. The minimum atomic E-state index is -0.662. The van der Waals surface area contributed by atoms with E-state index in [-0.39, 0.29) is 13.2 Å². The number of hydrogen-bond donors (Lipinski definition) is 1. The molecule has 0 aromatic heterocycles. The van der Waals surface area contributed by atoms with Crippen LogP contribution < -0.4 is 0 Å². The summed E-state index contributed by atoms with van der Waals surface area (Å²) in [5.74, 6) is -0.419. The molecule has 0 spiro atoms. The minimum absolute atomic E-state index is 0.185. The lowest BCUT2D eigenvalue weighted by Gasteiger charge is -2.08. The van der Waals surface area contributed by atoms with E-state index < -0.39 is 18.5 Å². The second kappa shape index (κ2) is 3.66. The van der Waals surface area contributed by atoms with Gasteiger partial charge in [-0.1, -0.05) is 0 Å². The van der Waals surface area contributed by atoms with Crippen molar-refractivity contribution < 1.29 is 24.1 Å². The minimum Gasteiger partial charge on any atom is -0.433 e. The van der Waals surface area contributed by atoms with Gasteiger partial charge in [0.05, 0.1) is 6.61 Å². The summed E-state index contributed by atoms with van der Waals surface area (Å²) in [4.78, 5) is 10.4. The Morgan fingerprint density at radius 2 is 2.55 bits per heavy atom. The maximum atomic E-state index is 10.4. The number of hydrogen-bond acceptors (Lipinski definition) is 5. The number of carbonyl (C=O) groups excluding carboxylic acids is 1. The van der Waals surface area contributed by atoms with Gasteiger partial charge in [0.25, 0.3) is 0 Å². The predicted molar refractivity (Wildman–Crippen MR) is 33.5 cm³/mol. The maximum absolute atomic E-state index is 10.4. The predicted octanol–water partition coefficient (Wildman–Crippen LogP) is -0.759. The van der Waals surface area contributed by atoms with Gasteiger partial charge in [-0.2, -0.15) is 0 Å². The highest BCUT2D eigenvalue weighted by Gasteiger charge is 2.27. The van der Waals surface area contributed by atoms with E-state index in [0.29, 0.717) is 0 Å². The van der Waals surface area contributed by atoms with E-state index in [1.807, 2.05) is 0 Å². The molecule has 1 unspecified atom stereocenters. The van der Waals surface area contributed by atoms with Crippen molar-refractivity contribution in [3.05, 3.63) is 0 Å². The summed E-state index contributed by atoms with van der Waals surface area (Å²) in [7, 11) is 0. The zero-order valence-corrected chi connectivity index (χ0v) is 6.15. The van der Waals surface area contributed by atoms with Crippen LogP contribution in [0.15, 0.2) is 0 Å². The molecule has 1 heterocycles. The van der Waals surface area contributed by atoms with Crippen LogP contribution in [-0.2, 0) is 19.0 Å². The summed E-state index contributed by atoms with van der Waals surface area (Å²) < 4.78 is 14.4. The van der Waals surface area contributed by atoms with Crippen LogP contribution in [0.5, 0.6) is 0 Å². The van der Waals surface area contributed by atoms with Crippen molar-refractivity contribution in [2.24, 2.45) is 0 Å². The summed E-state index contributed by atoms with van der Waals surface area (Å²) in [5.41, 5.74) is 0. The van der Waals surface area contributed by atoms with Crippen LogP contribution in [0.3, 0.4) is 0 Å². The molecule has 0 aliphatic carbocycles. The van der Waals surface area contributed by atoms with Gasteiger partial charge in [-0.3, -0.25) is 4.79 Å². The normalized spacial score (nSPS) is 30.4. The highest BCUT2D eigenvalue weighted by atomic mass is 16.8. The van der Waals surface area contributed by atoms with Crippen LogP contribution in [-0.4, -0.2) is 36.9 Å². The molecule has 0 bridgehead atoms. The van der Waals surface area contributed by atoms with Crippen molar-refractivity contribution in [3.8, 4) is 0 Å². The molecule has 1 saturated heterocycles. The number of esters is 1. The van der Waals surface area contributed by atoms with Crippen molar-refractivity contribution in [2.75, 3.05) is 13.2 Å². The van der Waals surface area contributed by atoms with Crippen LogP contribution in [0.4, 0.5) is 0 Å². The molecule has 0 amide bonds. The monoisotopic (exact) mass is 162 g/mol. The summed E-state index contributed by atoms with van der Waals surface area (Å²) in [5, 5.41) is 8.53. The molecule has 1 aliphatic heterocycles. The van der Waals surface area contributed by atoms with E-state index in [1.54, 1.807) is 0 Å². The highest BCUT2D eigenvalue weighted by molar-refractivity contribution is 5.66. The molecule has 1 aliphatic rings. The molecular weight excluding hydrogens is 152 g/mol. The zero-order valence-electron chi connectivity index (χ0n) is 6.15. The van der Waals surface area contributed by atoms with Gasteiger partial charge >= 0.3 is 5.97 Å². The molecule has 0 aromatic rings. The summed E-state index contributed by atoms with van der Waals surface area (Å²) in [6.07, 6.45) is -1.32. The third-order valence-corrected chi connectivity index (χ3v) is 1.17. The standard InChI is InChI=1S/C6H10O5/c1-4(8)10-6-3-9-5(2-7)11-6/h5-7H,2-3H2,1H3/t5-,6?/m1/s1. The second-order valence-corrected chi connectivity index (χ2v) is 2.12. The first-order valence-electron chi connectivity index (χ1n) is 3.27. The van der Waals surface area contributed by atoms with Gasteiger partial charge in [0.15, 0.2) is 6.29 Å². The summed E-state index contributed by atoms with van der Waals surface area (Å²) >= 11 is 0. The van der Waals surface area contributed by atoms with E-state index in [4.69, 9.17) is 14.6 Å².